The molecule has 0 saturated carbocycles. The Hall–Kier alpha value is -2.87. The minimum absolute atomic E-state index is 0.00278. The summed E-state index contributed by atoms with van der Waals surface area (Å²) in [7, 11) is 0. The lowest BCUT2D eigenvalue weighted by atomic mass is 9.88. The van der Waals surface area contributed by atoms with Crippen LogP contribution in [-0.2, 0) is 11.2 Å². The SMILES string of the molecule is N[C@H](CO)CCc1c(F)cncc1NC(=O)C[C@@H](c1ccc(Cl)cc1)c1cccc(F)c1. The van der Waals surface area contributed by atoms with E-state index < -0.39 is 23.6 Å². The minimum Gasteiger partial charge on any atom is -0.395 e. The van der Waals surface area contributed by atoms with E-state index in [1.54, 1.807) is 36.4 Å². The highest BCUT2D eigenvalue weighted by Crippen LogP contribution is 2.30. The van der Waals surface area contributed by atoms with Gasteiger partial charge >= 0.3 is 0 Å². The average molecular weight is 460 g/mol. The Labute approximate surface area is 190 Å². The highest BCUT2D eigenvalue weighted by Gasteiger charge is 2.21. The van der Waals surface area contributed by atoms with Crippen molar-refractivity contribution in [2.45, 2.75) is 31.2 Å². The molecule has 5 nitrogen and oxygen atoms in total. The van der Waals surface area contributed by atoms with Gasteiger partial charge in [-0.15, -0.1) is 0 Å². The highest BCUT2D eigenvalue weighted by molar-refractivity contribution is 6.30. The first-order valence-corrected chi connectivity index (χ1v) is 10.5. The summed E-state index contributed by atoms with van der Waals surface area (Å²) in [5.74, 6) is -1.78. The number of anilines is 1. The summed E-state index contributed by atoms with van der Waals surface area (Å²) in [4.78, 5) is 16.8. The molecular weight excluding hydrogens is 436 g/mol. The van der Waals surface area contributed by atoms with Crippen LogP contribution in [0, 0.1) is 11.6 Å². The molecule has 0 aliphatic rings. The van der Waals surface area contributed by atoms with E-state index >= 15 is 0 Å². The molecule has 0 saturated heterocycles. The Morgan fingerprint density at radius 1 is 1.12 bits per heavy atom. The maximum atomic E-state index is 14.4. The largest absolute Gasteiger partial charge is 0.395 e. The van der Waals surface area contributed by atoms with E-state index in [4.69, 9.17) is 22.4 Å². The van der Waals surface area contributed by atoms with Gasteiger partial charge in [0.15, 0.2) is 0 Å². The zero-order valence-corrected chi connectivity index (χ0v) is 18.0. The van der Waals surface area contributed by atoms with Crippen LogP contribution in [0.3, 0.4) is 0 Å². The predicted molar refractivity (Wildman–Crippen MR) is 121 cm³/mol. The van der Waals surface area contributed by atoms with Gasteiger partial charge in [0.2, 0.25) is 5.91 Å². The molecule has 4 N–H and O–H groups in total. The van der Waals surface area contributed by atoms with Gasteiger partial charge in [-0.25, -0.2) is 8.78 Å². The summed E-state index contributed by atoms with van der Waals surface area (Å²) in [6, 6.07) is 12.6. The molecule has 0 fully saturated rings. The molecule has 8 heteroatoms. The average Bonchev–Trinajstić information content (AvgIpc) is 2.77. The van der Waals surface area contributed by atoms with E-state index in [-0.39, 0.29) is 36.6 Å². The van der Waals surface area contributed by atoms with Crippen LogP contribution in [0.4, 0.5) is 14.5 Å². The number of pyridine rings is 1. The smallest absolute Gasteiger partial charge is 0.225 e. The Balaban J connectivity index is 1.83. The lowest BCUT2D eigenvalue weighted by molar-refractivity contribution is -0.116. The quantitative estimate of drug-likeness (QED) is 0.442. The Morgan fingerprint density at radius 3 is 2.56 bits per heavy atom. The second-order valence-electron chi connectivity index (χ2n) is 7.54. The number of aliphatic hydroxyl groups is 1. The fraction of sp³-hybridized carbons (Fsp3) is 0.250. The van der Waals surface area contributed by atoms with Gasteiger partial charge in [0.05, 0.1) is 24.7 Å². The lowest BCUT2D eigenvalue weighted by Gasteiger charge is -2.19. The molecule has 1 heterocycles. The number of benzene rings is 2. The second-order valence-corrected chi connectivity index (χ2v) is 7.98. The van der Waals surface area contributed by atoms with Gasteiger partial charge in [-0.1, -0.05) is 35.9 Å². The summed E-state index contributed by atoms with van der Waals surface area (Å²) in [5, 5.41) is 12.4. The van der Waals surface area contributed by atoms with Gasteiger partial charge in [-0.05, 0) is 48.2 Å². The first kappa shape index (κ1) is 23.8. The van der Waals surface area contributed by atoms with E-state index in [0.717, 1.165) is 11.8 Å². The third-order valence-electron chi connectivity index (χ3n) is 5.19. The minimum atomic E-state index is -0.563. The van der Waals surface area contributed by atoms with Gasteiger partial charge < -0.3 is 16.2 Å². The van der Waals surface area contributed by atoms with Crippen LogP contribution in [0.5, 0.6) is 0 Å². The van der Waals surface area contributed by atoms with E-state index in [1.807, 2.05) is 0 Å². The van der Waals surface area contributed by atoms with Crippen molar-refractivity contribution in [1.82, 2.24) is 4.98 Å². The molecule has 0 spiro atoms. The number of nitrogens with two attached hydrogens (primary N) is 1. The van der Waals surface area contributed by atoms with E-state index in [2.05, 4.69) is 10.3 Å². The third-order valence-corrected chi connectivity index (χ3v) is 5.44. The van der Waals surface area contributed by atoms with Crippen molar-refractivity contribution < 1.29 is 18.7 Å². The molecule has 1 aromatic heterocycles. The van der Waals surface area contributed by atoms with Gasteiger partial charge in [0.25, 0.3) is 0 Å². The van der Waals surface area contributed by atoms with Gasteiger partial charge in [0, 0.05) is 29.0 Å². The highest BCUT2D eigenvalue weighted by atomic mass is 35.5. The van der Waals surface area contributed by atoms with Crippen LogP contribution in [0.1, 0.15) is 35.4 Å². The van der Waals surface area contributed by atoms with Crippen molar-refractivity contribution in [2.75, 3.05) is 11.9 Å². The maximum Gasteiger partial charge on any atom is 0.225 e. The standard InChI is InChI=1S/C24H24ClF2N3O2/c25-17-6-4-15(5-7-17)21(16-2-1-3-18(26)10-16)11-24(32)30-23-13-29-12-22(27)20(23)9-8-19(28)14-31/h1-7,10,12-13,19,21,31H,8-9,11,14,28H2,(H,30,32)/t19-,21-/m0/s1. The molecule has 3 rings (SSSR count). The molecule has 3 aromatic rings. The molecule has 0 radical (unpaired) electrons. The number of hydrogen-bond acceptors (Lipinski definition) is 4. The molecule has 0 aliphatic heterocycles. The number of aromatic nitrogens is 1. The summed E-state index contributed by atoms with van der Waals surface area (Å²) in [6.45, 7) is -0.217. The Bertz CT molecular complexity index is 1060. The maximum absolute atomic E-state index is 14.4. The zero-order chi connectivity index (χ0) is 23.1. The second kappa shape index (κ2) is 11.1. The molecule has 1 amide bonds. The molecular formula is C24H24ClF2N3O2. The van der Waals surface area contributed by atoms with Gasteiger partial charge in [0.1, 0.15) is 11.6 Å². The van der Waals surface area contributed by atoms with Crippen LogP contribution < -0.4 is 11.1 Å². The number of rotatable bonds is 9. The molecule has 168 valence electrons. The van der Waals surface area contributed by atoms with Gasteiger partial charge in [-0.3, -0.25) is 9.78 Å². The molecule has 2 atom stereocenters. The van der Waals surface area contributed by atoms with Gasteiger partial charge in [-0.2, -0.15) is 0 Å². The number of amides is 1. The van der Waals surface area contributed by atoms with Crippen LogP contribution in [0.25, 0.3) is 0 Å². The monoisotopic (exact) mass is 459 g/mol. The first-order valence-electron chi connectivity index (χ1n) is 10.2. The van der Waals surface area contributed by atoms with Crippen molar-refractivity contribution in [3.05, 3.63) is 94.3 Å². The van der Waals surface area contributed by atoms with Crippen LogP contribution in [0.15, 0.2) is 60.9 Å². The van der Waals surface area contributed by atoms with Crippen molar-refractivity contribution in [2.24, 2.45) is 5.73 Å². The fourth-order valence-corrected chi connectivity index (χ4v) is 3.60. The third kappa shape index (κ3) is 6.32. The van der Waals surface area contributed by atoms with Crippen LogP contribution in [-0.4, -0.2) is 28.6 Å². The van der Waals surface area contributed by atoms with Crippen molar-refractivity contribution >= 4 is 23.2 Å². The normalized spacial score (nSPS) is 12.9. The Kier molecular flexibility index (Phi) is 8.27. The Morgan fingerprint density at radius 2 is 1.88 bits per heavy atom. The summed E-state index contributed by atoms with van der Waals surface area (Å²) in [6.07, 6.45) is 3.02. The van der Waals surface area contributed by atoms with Crippen LogP contribution in [0.2, 0.25) is 5.02 Å². The molecule has 0 unspecified atom stereocenters. The van der Waals surface area contributed by atoms with E-state index in [1.165, 1.54) is 18.3 Å². The number of aliphatic hydroxyl groups excluding tert-OH is 1. The summed E-state index contributed by atoms with van der Waals surface area (Å²) >= 11 is 5.99. The van der Waals surface area contributed by atoms with E-state index in [0.29, 0.717) is 17.0 Å². The van der Waals surface area contributed by atoms with E-state index in [9.17, 15) is 13.6 Å². The lowest BCUT2D eigenvalue weighted by Crippen LogP contribution is -2.25. The number of nitrogens with one attached hydrogen (secondary N) is 1. The number of nitrogens with zero attached hydrogens (tertiary/aromatic N) is 1. The molecule has 32 heavy (non-hydrogen) atoms. The zero-order valence-electron chi connectivity index (χ0n) is 17.3. The summed E-state index contributed by atoms with van der Waals surface area (Å²) in [5.41, 5.74) is 7.66. The number of hydrogen-bond donors (Lipinski definition) is 3. The summed E-state index contributed by atoms with van der Waals surface area (Å²) < 4.78 is 28.2. The fourth-order valence-electron chi connectivity index (χ4n) is 3.48. The molecule has 0 aliphatic carbocycles. The molecule has 0 bridgehead atoms. The van der Waals surface area contributed by atoms with Crippen LogP contribution >= 0.6 is 11.6 Å². The van der Waals surface area contributed by atoms with Crippen molar-refractivity contribution in [3.8, 4) is 0 Å². The molecule has 2 aromatic carbocycles. The predicted octanol–water partition coefficient (Wildman–Crippen LogP) is 4.43. The number of carbonyl (C=O) groups is 1. The van der Waals surface area contributed by atoms with Crippen molar-refractivity contribution in [1.29, 1.82) is 0 Å². The van der Waals surface area contributed by atoms with Crippen molar-refractivity contribution in [3.63, 3.8) is 0 Å². The number of carbonyl (C=O) groups excluding carboxylic acids is 1. The topological polar surface area (TPSA) is 88.2 Å². The number of halogens is 3. The first-order chi connectivity index (χ1) is 15.4.